The first kappa shape index (κ1) is 19.7. The molecule has 0 aliphatic carbocycles. The number of fused-ring (bicyclic) bond motifs is 1. The molecule has 0 bridgehead atoms. The lowest BCUT2D eigenvalue weighted by molar-refractivity contribution is -0.116. The highest BCUT2D eigenvalue weighted by Crippen LogP contribution is 2.31. The number of hydrogen-bond donors (Lipinski definition) is 3. The first-order valence-electron chi connectivity index (χ1n) is 10.2. The van der Waals surface area contributed by atoms with Crippen LogP contribution in [0.4, 0.5) is 5.69 Å². The van der Waals surface area contributed by atoms with Gasteiger partial charge in [0.05, 0.1) is 6.54 Å². The highest BCUT2D eigenvalue weighted by Gasteiger charge is 2.24. The van der Waals surface area contributed by atoms with Gasteiger partial charge in [-0.05, 0) is 63.9 Å². The van der Waals surface area contributed by atoms with E-state index >= 15 is 0 Å². The Hall–Kier alpha value is -2.08. The highest BCUT2D eigenvalue weighted by molar-refractivity contribution is 5.94. The van der Waals surface area contributed by atoms with Crippen LogP contribution in [0, 0.1) is 5.92 Å². The van der Waals surface area contributed by atoms with Gasteiger partial charge in [-0.25, -0.2) is 0 Å². The summed E-state index contributed by atoms with van der Waals surface area (Å²) in [6.45, 7) is 6.90. The molecule has 6 nitrogen and oxygen atoms in total. The van der Waals surface area contributed by atoms with Crippen LogP contribution in [0.3, 0.4) is 0 Å². The van der Waals surface area contributed by atoms with E-state index in [-0.39, 0.29) is 11.8 Å². The quantitative estimate of drug-likeness (QED) is 0.531. The number of rotatable bonds is 6. The van der Waals surface area contributed by atoms with Crippen molar-refractivity contribution in [3.8, 4) is 0 Å². The first-order chi connectivity index (χ1) is 13.2. The lowest BCUT2D eigenvalue weighted by Gasteiger charge is -2.29. The van der Waals surface area contributed by atoms with Gasteiger partial charge in [0.15, 0.2) is 5.96 Å². The summed E-state index contributed by atoms with van der Waals surface area (Å²) >= 11 is 0. The molecule has 6 heteroatoms. The molecule has 1 fully saturated rings. The summed E-state index contributed by atoms with van der Waals surface area (Å²) in [5, 5.41) is 9.77. The molecule has 2 aliphatic heterocycles. The summed E-state index contributed by atoms with van der Waals surface area (Å²) in [6.07, 6.45) is 4.27. The molecular formula is C21H33N5O. The molecule has 2 aliphatic rings. The fraction of sp³-hybridized carbons (Fsp3) is 0.619. The van der Waals surface area contributed by atoms with Crippen molar-refractivity contribution in [1.82, 2.24) is 15.5 Å². The number of aliphatic imine (C=N–C) groups is 1. The number of anilines is 1. The fourth-order valence-electron chi connectivity index (χ4n) is 3.95. The maximum atomic E-state index is 12.0. The molecule has 0 aromatic heterocycles. The number of amides is 1. The molecule has 3 rings (SSSR count). The van der Waals surface area contributed by atoms with Gasteiger partial charge >= 0.3 is 0 Å². The number of para-hydroxylation sites is 1. The van der Waals surface area contributed by atoms with E-state index in [4.69, 9.17) is 4.99 Å². The zero-order chi connectivity index (χ0) is 19.1. The van der Waals surface area contributed by atoms with Crippen LogP contribution in [0.1, 0.15) is 44.1 Å². The molecule has 1 unspecified atom stereocenters. The minimum absolute atomic E-state index is 0.0779. The van der Waals surface area contributed by atoms with E-state index in [1.165, 1.54) is 37.9 Å². The molecule has 1 amide bonds. The Morgan fingerprint density at radius 1 is 1.26 bits per heavy atom. The standard InChI is InChI=1S/C21H33N5O/c1-3-22-21(23-11-8-16-9-12-26(2)13-10-16)24-15-17-14-20(27)25-19-7-5-4-6-18(17)19/h4-7,16-17H,3,8-15H2,1-2H3,(H,25,27)(H2,22,23,24). The van der Waals surface area contributed by atoms with Crippen LogP contribution >= 0.6 is 0 Å². The van der Waals surface area contributed by atoms with Crippen molar-refractivity contribution in [2.75, 3.05) is 45.1 Å². The Balaban J connectivity index is 1.53. The lowest BCUT2D eigenvalue weighted by atomic mass is 9.91. The monoisotopic (exact) mass is 371 g/mol. The normalized spacial score (nSPS) is 21.5. The summed E-state index contributed by atoms with van der Waals surface area (Å²) in [4.78, 5) is 19.2. The van der Waals surface area contributed by atoms with Gasteiger partial charge in [-0.1, -0.05) is 18.2 Å². The topological polar surface area (TPSA) is 68.8 Å². The third-order valence-corrected chi connectivity index (χ3v) is 5.60. The molecule has 1 aromatic carbocycles. The minimum atomic E-state index is 0.0779. The number of carbonyl (C=O) groups is 1. The largest absolute Gasteiger partial charge is 0.357 e. The third-order valence-electron chi connectivity index (χ3n) is 5.60. The van der Waals surface area contributed by atoms with Crippen molar-refractivity contribution in [1.29, 1.82) is 0 Å². The molecule has 3 N–H and O–H groups in total. The second kappa shape index (κ2) is 9.74. The van der Waals surface area contributed by atoms with Gasteiger partial charge in [0.2, 0.25) is 5.91 Å². The minimum Gasteiger partial charge on any atom is -0.357 e. The summed E-state index contributed by atoms with van der Waals surface area (Å²) in [5.74, 6) is 1.88. The lowest BCUT2D eigenvalue weighted by Crippen LogP contribution is -2.39. The Morgan fingerprint density at radius 2 is 2.04 bits per heavy atom. The van der Waals surface area contributed by atoms with Crippen LogP contribution in [0.25, 0.3) is 0 Å². The van der Waals surface area contributed by atoms with Gasteiger partial charge < -0.3 is 20.9 Å². The second-order valence-corrected chi connectivity index (χ2v) is 7.72. The number of piperidine rings is 1. The van der Waals surface area contributed by atoms with Crippen LogP contribution < -0.4 is 16.0 Å². The van der Waals surface area contributed by atoms with Gasteiger partial charge in [-0.3, -0.25) is 9.79 Å². The third kappa shape index (κ3) is 5.70. The van der Waals surface area contributed by atoms with Crippen molar-refractivity contribution in [3.63, 3.8) is 0 Å². The Labute approximate surface area is 162 Å². The van der Waals surface area contributed by atoms with E-state index in [1.807, 2.05) is 18.2 Å². The number of benzene rings is 1. The number of likely N-dealkylation sites (tertiary alicyclic amines) is 1. The molecule has 2 heterocycles. The number of nitrogens with one attached hydrogen (secondary N) is 3. The predicted molar refractivity (Wildman–Crippen MR) is 111 cm³/mol. The predicted octanol–water partition coefficient (Wildman–Crippen LogP) is 2.40. The van der Waals surface area contributed by atoms with Gasteiger partial charge in [0.25, 0.3) is 0 Å². The molecule has 1 atom stereocenters. The molecular weight excluding hydrogens is 338 g/mol. The molecule has 1 saturated heterocycles. The first-order valence-corrected chi connectivity index (χ1v) is 10.2. The molecule has 27 heavy (non-hydrogen) atoms. The Kier molecular flexibility index (Phi) is 7.10. The maximum absolute atomic E-state index is 12.0. The summed E-state index contributed by atoms with van der Waals surface area (Å²) < 4.78 is 0. The van der Waals surface area contributed by atoms with E-state index in [0.29, 0.717) is 13.0 Å². The Morgan fingerprint density at radius 3 is 2.81 bits per heavy atom. The van der Waals surface area contributed by atoms with Crippen molar-refractivity contribution in [3.05, 3.63) is 29.8 Å². The smallest absolute Gasteiger partial charge is 0.225 e. The van der Waals surface area contributed by atoms with E-state index < -0.39 is 0 Å². The molecule has 0 radical (unpaired) electrons. The highest BCUT2D eigenvalue weighted by atomic mass is 16.1. The number of nitrogens with zero attached hydrogens (tertiary/aromatic N) is 2. The van der Waals surface area contributed by atoms with Crippen LogP contribution in [-0.2, 0) is 4.79 Å². The van der Waals surface area contributed by atoms with Crippen molar-refractivity contribution < 1.29 is 4.79 Å². The van der Waals surface area contributed by atoms with Crippen LogP contribution in [-0.4, -0.2) is 56.5 Å². The number of carbonyl (C=O) groups excluding carboxylic acids is 1. The van der Waals surface area contributed by atoms with Gasteiger partial charge in [0.1, 0.15) is 0 Å². The number of hydrogen-bond acceptors (Lipinski definition) is 3. The van der Waals surface area contributed by atoms with Crippen molar-refractivity contribution in [2.24, 2.45) is 10.9 Å². The average molecular weight is 372 g/mol. The van der Waals surface area contributed by atoms with E-state index in [1.54, 1.807) is 0 Å². The molecule has 0 saturated carbocycles. The fourth-order valence-corrected chi connectivity index (χ4v) is 3.95. The Bertz CT molecular complexity index is 652. The molecule has 1 aromatic rings. The summed E-state index contributed by atoms with van der Waals surface area (Å²) in [5.41, 5.74) is 2.11. The van der Waals surface area contributed by atoms with E-state index in [2.05, 4.69) is 40.9 Å². The zero-order valence-electron chi connectivity index (χ0n) is 16.6. The molecule has 0 spiro atoms. The van der Waals surface area contributed by atoms with Gasteiger partial charge in [-0.2, -0.15) is 0 Å². The van der Waals surface area contributed by atoms with Crippen LogP contribution in [0.2, 0.25) is 0 Å². The van der Waals surface area contributed by atoms with Gasteiger partial charge in [0, 0.05) is 31.1 Å². The summed E-state index contributed by atoms with van der Waals surface area (Å²) in [6, 6.07) is 8.04. The number of guanidine groups is 1. The summed E-state index contributed by atoms with van der Waals surface area (Å²) in [7, 11) is 2.20. The van der Waals surface area contributed by atoms with E-state index in [9.17, 15) is 4.79 Å². The SMILES string of the molecule is CCNC(=NCC1CC(=O)Nc2ccccc21)NCCC1CCN(C)CC1. The van der Waals surface area contributed by atoms with Gasteiger partial charge in [-0.15, -0.1) is 0 Å². The average Bonchev–Trinajstić information content (AvgIpc) is 2.67. The molecule has 148 valence electrons. The maximum Gasteiger partial charge on any atom is 0.225 e. The van der Waals surface area contributed by atoms with Crippen LogP contribution in [0.5, 0.6) is 0 Å². The zero-order valence-corrected chi connectivity index (χ0v) is 16.6. The second-order valence-electron chi connectivity index (χ2n) is 7.72. The van der Waals surface area contributed by atoms with Crippen LogP contribution in [0.15, 0.2) is 29.3 Å². The van der Waals surface area contributed by atoms with Crippen molar-refractivity contribution >= 4 is 17.6 Å². The van der Waals surface area contributed by atoms with Crippen molar-refractivity contribution in [2.45, 2.75) is 38.5 Å². The van der Waals surface area contributed by atoms with E-state index in [0.717, 1.165) is 30.7 Å².